The van der Waals surface area contributed by atoms with Crippen molar-refractivity contribution in [1.29, 1.82) is 0 Å². The smallest absolute Gasteiger partial charge is 0.110 e. The Balaban J connectivity index is 2.07. The molecule has 3 unspecified atom stereocenters. The molecule has 1 aliphatic heterocycles. The minimum atomic E-state index is 0.386. The molecule has 0 amide bonds. The molecule has 0 bridgehead atoms. The molecule has 2 rings (SSSR count). The summed E-state index contributed by atoms with van der Waals surface area (Å²) < 4.78 is 0. The van der Waals surface area contributed by atoms with Crippen molar-refractivity contribution in [3.05, 3.63) is 16.1 Å². The SMILES string of the molecule is Cc1csc(C(C)N2CCC(N)CC2C)n1. The van der Waals surface area contributed by atoms with Crippen molar-refractivity contribution in [2.24, 2.45) is 5.73 Å². The van der Waals surface area contributed by atoms with Crippen molar-refractivity contribution in [2.75, 3.05) is 6.54 Å². The maximum atomic E-state index is 5.99. The van der Waals surface area contributed by atoms with Crippen LogP contribution in [0.5, 0.6) is 0 Å². The van der Waals surface area contributed by atoms with E-state index in [-0.39, 0.29) is 0 Å². The molecule has 1 saturated heterocycles. The molecule has 2 heterocycles. The van der Waals surface area contributed by atoms with E-state index in [1.165, 1.54) is 5.01 Å². The number of nitrogens with two attached hydrogens (primary N) is 1. The maximum Gasteiger partial charge on any atom is 0.110 e. The predicted molar refractivity (Wildman–Crippen MR) is 68.6 cm³/mol. The second-order valence-corrected chi connectivity index (χ2v) is 5.76. The van der Waals surface area contributed by atoms with Gasteiger partial charge in [0, 0.05) is 29.7 Å². The number of aryl methyl sites for hydroxylation is 1. The Morgan fingerprint density at radius 3 is 2.94 bits per heavy atom. The first-order valence-corrected chi connectivity index (χ1v) is 6.89. The van der Waals surface area contributed by atoms with Crippen molar-refractivity contribution in [1.82, 2.24) is 9.88 Å². The third kappa shape index (κ3) is 2.44. The maximum absolute atomic E-state index is 5.99. The van der Waals surface area contributed by atoms with E-state index in [1.54, 1.807) is 11.3 Å². The number of aromatic nitrogens is 1. The van der Waals surface area contributed by atoms with Gasteiger partial charge in [-0.3, -0.25) is 4.90 Å². The van der Waals surface area contributed by atoms with Crippen molar-refractivity contribution >= 4 is 11.3 Å². The number of nitrogens with zero attached hydrogens (tertiary/aromatic N) is 2. The number of hydrogen-bond donors (Lipinski definition) is 1. The lowest BCUT2D eigenvalue weighted by atomic mass is 9.97. The van der Waals surface area contributed by atoms with Gasteiger partial charge in [0.2, 0.25) is 0 Å². The zero-order valence-electron chi connectivity index (χ0n) is 10.3. The van der Waals surface area contributed by atoms with Gasteiger partial charge in [0.1, 0.15) is 5.01 Å². The van der Waals surface area contributed by atoms with Crippen LogP contribution in [-0.2, 0) is 0 Å². The molecule has 3 atom stereocenters. The molecule has 1 aliphatic rings. The van der Waals surface area contributed by atoms with E-state index in [9.17, 15) is 0 Å². The van der Waals surface area contributed by atoms with Crippen molar-refractivity contribution < 1.29 is 0 Å². The van der Waals surface area contributed by atoms with E-state index in [2.05, 4.69) is 36.0 Å². The summed E-state index contributed by atoms with van der Waals surface area (Å²) in [5, 5.41) is 3.37. The van der Waals surface area contributed by atoms with Crippen LogP contribution in [-0.4, -0.2) is 28.5 Å². The molecule has 1 fully saturated rings. The first-order valence-electron chi connectivity index (χ1n) is 6.01. The molecule has 2 N–H and O–H groups in total. The number of piperidine rings is 1. The van der Waals surface area contributed by atoms with Gasteiger partial charge in [0.05, 0.1) is 6.04 Å². The molecule has 16 heavy (non-hydrogen) atoms. The van der Waals surface area contributed by atoms with E-state index >= 15 is 0 Å². The van der Waals surface area contributed by atoms with E-state index in [0.717, 1.165) is 25.1 Å². The summed E-state index contributed by atoms with van der Waals surface area (Å²) in [7, 11) is 0. The Morgan fingerprint density at radius 2 is 2.38 bits per heavy atom. The van der Waals surface area contributed by atoms with Crippen LogP contribution < -0.4 is 5.73 Å². The molecule has 1 aromatic rings. The van der Waals surface area contributed by atoms with Crippen LogP contribution in [0.1, 0.15) is 43.4 Å². The highest BCUT2D eigenvalue weighted by Gasteiger charge is 2.28. The minimum absolute atomic E-state index is 0.386. The fourth-order valence-electron chi connectivity index (χ4n) is 2.51. The number of hydrogen-bond acceptors (Lipinski definition) is 4. The van der Waals surface area contributed by atoms with Gasteiger partial charge in [0.15, 0.2) is 0 Å². The standard InChI is InChI=1S/C12H21N3S/c1-8-7-16-12(14-8)10(3)15-5-4-11(13)6-9(15)2/h7,9-11H,4-6,13H2,1-3H3. The third-order valence-corrected chi connectivity index (χ3v) is 4.59. The van der Waals surface area contributed by atoms with E-state index in [1.807, 2.05) is 0 Å². The number of rotatable bonds is 2. The van der Waals surface area contributed by atoms with Gasteiger partial charge in [-0.25, -0.2) is 4.98 Å². The second kappa shape index (κ2) is 4.82. The zero-order valence-corrected chi connectivity index (χ0v) is 11.1. The highest BCUT2D eigenvalue weighted by molar-refractivity contribution is 7.09. The van der Waals surface area contributed by atoms with Gasteiger partial charge < -0.3 is 5.73 Å². The molecule has 0 radical (unpaired) electrons. The monoisotopic (exact) mass is 239 g/mol. The molecule has 3 nitrogen and oxygen atoms in total. The topological polar surface area (TPSA) is 42.1 Å². The average Bonchev–Trinajstić information content (AvgIpc) is 2.64. The highest BCUT2D eigenvalue weighted by atomic mass is 32.1. The van der Waals surface area contributed by atoms with Gasteiger partial charge in [-0.1, -0.05) is 0 Å². The molecule has 0 aliphatic carbocycles. The van der Waals surface area contributed by atoms with E-state index < -0.39 is 0 Å². The normalized spacial score (nSPS) is 29.2. The lowest BCUT2D eigenvalue weighted by Crippen LogP contribution is -2.46. The third-order valence-electron chi connectivity index (χ3n) is 3.46. The van der Waals surface area contributed by atoms with E-state index in [0.29, 0.717) is 18.1 Å². The second-order valence-electron chi connectivity index (χ2n) is 4.87. The summed E-state index contributed by atoms with van der Waals surface area (Å²) in [6.45, 7) is 7.69. The quantitative estimate of drug-likeness (QED) is 0.861. The van der Waals surface area contributed by atoms with Crippen molar-refractivity contribution in [2.45, 2.75) is 51.7 Å². The summed E-state index contributed by atoms with van der Waals surface area (Å²) in [4.78, 5) is 7.11. The first-order chi connectivity index (χ1) is 7.58. The van der Waals surface area contributed by atoms with Crippen LogP contribution in [0.25, 0.3) is 0 Å². The Kier molecular flexibility index (Phi) is 3.62. The average molecular weight is 239 g/mol. The Morgan fingerprint density at radius 1 is 1.62 bits per heavy atom. The molecule has 4 heteroatoms. The highest BCUT2D eigenvalue weighted by Crippen LogP contribution is 2.29. The van der Waals surface area contributed by atoms with Crippen molar-refractivity contribution in [3.63, 3.8) is 0 Å². The predicted octanol–water partition coefficient (Wildman–Crippen LogP) is 2.32. The Hall–Kier alpha value is -0.450. The van der Waals surface area contributed by atoms with Gasteiger partial charge in [-0.05, 0) is 33.6 Å². The fourth-order valence-corrected chi connectivity index (χ4v) is 3.38. The van der Waals surface area contributed by atoms with Crippen LogP contribution in [0.4, 0.5) is 0 Å². The zero-order chi connectivity index (χ0) is 11.7. The molecule has 1 aromatic heterocycles. The minimum Gasteiger partial charge on any atom is -0.328 e. The lowest BCUT2D eigenvalue weighted by Gasteiger charge is -2.39. The van der Waals surface area contributed by atoms with Crippen LogP contribution in [0.3, 0.4) is 0 Å². The lowest BCUT2D eigenvalue weighted by molar-refractivity contribution is 0.104. The first kappa shape index (κ1) is 12.0. The molecule has 0 saturated carbocycles. The van der Waals surface area contributed by atoms with E-state index in [4.69, 9.17) is 5.73 Å². The van der Waals surface area contributed by atoms with Crippen LogP contribution in [0.15, 0.2) is 5.38 Å². The van der Waals surface area contributed by atoms with Crippen molar-refractivity contribution in [3.8, 4) is 0 Å². The molecule has 0 spiro atoms. The van der Waals surface area contributed by atoms with Gasteiger partial charge in [-0.2, -0.15) is 0 Å². The molecule has 0 aromatic carbocycles. The fraction of sp³-hybridized carbons (Fsp3) is 0.750. The Bertz CT molecular complexity index is 350. The summed E-state index contributed by atoms with van der Waals surface area (Å²) in [6.07, 6.45) is 2.22. The van der Waals surface area contributed by atoms with Crippen LogP contribution in [0, 0.1) is 6.92 Å². The largest absolute Gasteiger partial charge is 0.328 e. The van der Waals surface area contributed by atoms with Crippen LogP contribution >= 0.6 is 11.3 Å². The Labute approximate surface area is 102 Å². The summed E-state index contributed by atoms with van der Waals surface area (Å²) in [5.41, 5.74) is 7.12. The van der Waals surface area contributed by atoms with Gasteiger partial charge >= 0.3 is 0 Å². The van der Waals surface area contributed by atoms with Gasteiger partial charge in [0.25, 0.3) is 0 Å². The summed E-state index contributed by atoms with van der Waals surface area (Å²) in [6, 6.07) is 1.39. The molecular formula is C12H21N3S. The molecular weight excluding hydrogens is 218 g/mol. The van der Waals surface area contributed by atoms with Crippen LogP contribution in [0.2, 0.25) is 0 Å². The summed E-state index contributed by atoms with van der Waals surface area (Å²) >= 11 is 1.77. The molecule has 90 valence electrons. The number of thiazole rings is 1. The summed E-state index contributed by atoms with van der Waals surface area (Å²) in [5.74, 6) is 0. The number of likely N-dealkylation sites (tertiary alicyclic amines) is 1. The van der Waals surface area contributed by atoms with Gasteiger partial charge in [-0.15, -0.1) is 11.3 Å².